The topological polar surface area (TPSA) is 82.3 Å². The molecule has 1 aromatic heterocycles. The van der Waals surface area contributed by atoms with Crippen molar-refractivity contribution < 1.29 is 14.3 Å². The quantitative estimate of drug-likeness (QED) is 0.659. The summed E-state index contributed by atoms with van der Waals surface area (Å²) in [5, 5.41) is 0.728. The molecule has 1 aliphatic rings. The molecule has 0 spiro atoms. The number of nitrogens with zero attached hydrogens (tertiary/aromatic N) is 1. The van der Waals surface area contributed by atoms with Crippen molar-refractivity contribution in [3.8, 4) is 0 Å². The minimum absolute atomic E-state index is 0.343. The Balaban J connectivity index is 1.92. The van der Waals surface area contributed by atoms with E-state index in [-0.39, 0.29) is 0 Å². The summed E-state index contributed by atoms with van der Waals surface area (Å²) >= 11 is 0. The van der Waals surface area contributed by atoms with Gasteiger partial charge < -0.3 is 10.5 Å². The summed E-state index contributed by atoms with van der Waals surface area (Å²) in [6.07, 6.45) is 2.73. The van der Waals surface area contributed by atoms with Crippen molar-refractivity contribution in [2.45, 2.75) is 32.8 Å². The number of nitrogens with two attached hydrogens (primary N) is 1. The molecule has 2 atom stereocenters. The molecule has 5 heteroatoms. The Hall–Kier alpha value is -3.47. The van der Waals surface area contributed by atoms with Crippen LogP contribution in [0.5, 0.6) is 0 Å². The molecule has 1 aliphatic carbocycles. The second kappa shape index (κ2) is 8.11. The Morgan fingerprint density at radius 1 is 1.10 bits per heavy atom. The van der Waals surface area contributed by atoms with E-state index in [0.717, 1.165) is 39.7 Å². The van der Waals surface area contributed by atoms with E-state index in [4.69, 9.17) is 15.5 Å². The Labute approximate surface area is 175 Å². The predicted octanol–water partition coefficient (Wildman–Crippen LogP) is 4.39. The van der Waals surface area contributed by atoms with Gasteiger partial charge in [-0.3, -0.25) is 4.79 Å². The van der Waals surface area contributed by atoms with Gasteiger partial charge in [0.25, 0.3) is 5.91 Å². The zero-order valence-electron chi connectivity index (χ0n) is 17.1. The minimum atomic E-state index is -1.000. The maximum Gasteiger partial charge on any atom is 0.339 e. The molecule has 0 aliphatic heterocycles. The summed E-state index contributed by atoms with van der Waals surface area (Å²) in [6, 6.07) is 17.6. The molecule has 2 N–H and O–H groups in total. The number of para-hydroxylation sites is 1. The second-order valence-electron chi connectivity index (χ2n) is 7.87. The fourth-order valence-electron chi connectivity index (χ4n) is 4.00. The lowest BCUT2D eigenvalue weighted by molar-refractivity contribution is -0.125. The van der Waals surface area contributed by atoms with Crippen LogP contribution in [-0.2, 0) is 16.0 Å². The van der Waals surface area contributed by atoms with Crippen molar-refractivity contribution in [3.63, 3.8) is 0 Å². The van der Waals surface area contributed by atoms with Crippen LogP contribution in [0.2, 0.25) is 0 Å². The highest BCUT2D eigenvalue weighted by Crippen LogP contribution is 2.38. The van der Waals surface area contributed by atoms with Gasteiger partial charge in [-0.05, 0) is 54.5 Å². The van der Waals surface area contributed by atoms with Crippen LogP contribution in [0.25, 0.3) is 22.6 Å². The zero-order valence-corrected chi connectivity index (χ0v) is 17.1. The van der Waals surface area contributed by atoms with Gasteiger partial charge in [0.05, 0.1) is 16.8 Å². The van der Waals surface area contributed by atoms with Gasteiger partial charge in [-0.2, -0.15) is 0 Å². The van der Waals surface area contributed by atoms with E-state index in [1.54, 1.807) is 0 Å². The number of benzene rings is 2. The van der Waals surface area contributed by atoms with Crippen LogP contribution in [0.1, 0.15) is 47.4 Å². The number of ether oxygens (including phenoxy) is 1. The van der Waals surface area contributed by atoms with Crippen LogP contribution >= 0.6 is 0 Å². The molecule has 0 fully saturated rings. The van der Waals surface area contributed by atoms with E-state index in [2.05, 4.69) is 25.1 Å². The molecule has 0 saturated carbocycles. The second-order valence-corrected chi connectivity index (χ2v) is 7.87. The van der Waals surface area contributed by atoms with Crippen LogP contribution in [-0.4, -0.2) is 23.0 Å². The standard InChI is InChI=1S/C25H24N2O3/c1-15-12-18(14-17-8-4-3-5-9-17)23-20(13-15)22(25(29)30-16(2)24(26)28)19-10-6-7-11-21(19)27-23/h3-11,14-16H,12-13H2,1-2H3,(H2,26,28)/b18-14+/t15-,16-/m0/s1. The number of hydrogen-bond acceptors (Lipinski definition) is 4. The summed E-state index contributed by atoms with van der Waals surface area (Å²) < 4.78 is 5.40. The molecule has 2 aromatic carbocycles. The van der Waals surface area contributed by atoms with E-state index >= 15 is 0 Å². The highest BCUT2D eigenvalue weighted by Gasteiger charge is 2.29. The highest BCUT2D eigenvalue weighted by molar-refractivity contribution is 6.07. The molecule has 0 unspecified atom stereocenters. The molecule has 152 valence electrons. The number of esters is 1. The van der Waals surface area contributed by atoms with Crippen LogP contribution in [0.4, 0.5) is 0 Å². The maximum absolute atomic E-state index is 13.1. The number of fused-ring (bicyclic) bond motifs is 2. The normalized spacial score (nSPS) is 18.1. The van der Waals surface area contributed by atoms with Crippen molar-refractivity contribution in [2.24, 2.45) is 11.7 Å². The van der Waals surface area contributed by atoms with Crippen molar-refractivity contribution >= 4 is 34.4 Å². The first-order valence-corrected chi connectivity index (χ1v) is 10.1. The molecule has 5 nitrogen and oxygen atoms in total. The summed E-state index contributed by atoms with van der Waals surface area (Å²) in [4.78, 5) is 29.5. The van der Waals surface area contributed by atoms with E-state index in [0.29, 0.717) is 17.9 Å². The molecule has 30 heavy (non-hydrogen) atoms. The Morgan fingerprint density at radius 2 is 1.80 bits per heavy atom. The molecule has 4 rings (SSSR count). The third kappa shape index (κ3) is 3.83. The summed E-state index contributed by atoms with van der Waals surface area (Å²) in [5.74, 6) is -0.867. The minimum Gasteiger partial charge on any atom is -0.449 e. The lowest BCUT2D eigenvalue weighted by Gasteiger charge is -2.27. The lowest BCUT2D eigenvalue weighted by atomic mass is 9.80. The molecular weight excluding hydrogens is 376 g/mol. The number of allylic oxidation sites excluding steroid dienone is 1. The lowest BCUT2D eigenvalue weighted by Crippen LogP contribution is -2.31. The van der Waals surface area contributed by atoms with Gasteiger partial charge in [0.15, 0.2) is 6.10 Å². The molecule has 1 heterocycles. The molecule has 0 radical (unpaired) electrons. The number of carbonyl (C=O) groups is 2. The number of carbonyl (C=O) groups excluding carboxylic acids is 2. The monoisotopic (exact) mass is 400 g/mol. The van der Waals surface area contributed by atoms with E-state index in [1.807, 2.05) is 42.5 Å². The van der Waals surface area contributed by atoms with E-state index in [9.17, 15) is 9.59 Å². The van der Waals surface area contributed by atoms with Crippen molar-refractivity contribution in [1.82, 2.24) is 4.98 Å². The summed E-state index contributed by atoms with van der Waals surface area (Å²) in [6.45, 7) is 3.65. The average molecular weight is 400 g/mol. The van der Waals surface area contributed by atoms with E-state index < -0.39 is 18.0 Å². The van der Waals surface area contributed by atoms with Crippen LogP contribution in [0.15, 0.2) is 54.6 Å². The molecule has 0 bridgehead atoms. The first-order valence-electron chi connectivity index (χ1n) is 10.1. The van der Waals surface area contributed by atoms with E-state index in [1.165, 1.54) is 6.92 Å². The predicted molar refractivity (Wildman–Crippen MR) is 118 cm³/mol. The fraction of sp³-hybridized carbons (Fsp3) is 0.240. The van der Waals surface area contributed by atoms with Crippen molar-refractivity contribution in [1.29, 1.82) is 0 Å². The average Bonchev–Trinajstić information content (AvgIpc) is 2.72. The van der Waals surface area contributed by atoms with Gasteiger partial charge in [0.2, 0.25) is 0 Å². The molecule has 0 saturated heterocycles. The Bertz CT molecular complexity index is 1150. The third-order valence-electron chi connectivity index (χ3n) is 5.45. The van der Waals surface area contributed by atoms with Gasteiger partial charge in [0.1, 0.15) is 0 Å². The van der Waals surface area contributed by atoms with Crippen molar-refractivity contribution in [3.05, 3.63) is 77.0 Å². The summed E-state index contributed by atoms with van der Waals surface area (Å²) in [7, 11) is 0. The SMILES string of the molecule is C[C@H]1C/C(=C\c2ccccc2)c2nc3ccccc3c(C(=O)O[C@@H](C)C(N)=O)c2C1. The zero-order chi connectivity index (χ0) is 21.3. The Kier molecular flexibility index (Phi) is 5.36. The highest BCUT2D eigenvalue weighted by atomic mass is 16.5. The largest absolute Gasteiger partial charge is 0.449 e. The first kappa shape index (κ1) is 19.8. The van der Waals surface area contributed by atoms with Gasteiger partial charge in [-0.25, -0.2) is 9.78 Å². The fourth-order valence-corrected chi connectivity index (χ4v) is 4.00. The number of amides is 1. The van der Waals surface area contributed by atoms with Crippen LogP contribution < -0.4 is 5.73 Å². The molecule has 3 aromatic rings. The smallest absolute Gasteiger partial charge is 0.339 e. The summed E-state index contributed by atoms with van der Waals surface area (Å²) in [5.41, 5.74) is 10.4. The number of pyridine rings is 1. The number of primary amides is 1. The number of aromatic nitrogens is 1. The van der Waals surface area contributed by atoms with Crippen LogP contribution in [0.3, 0.4) is 0 Å². The maximum atomic E-state index is 13.1. The van der Waals surface area contributed by atoms with Gasteiger partial charge in [-0.1, -0.05) is 55.5 Å². The number of rotatable bonds is 4. The molecular formula is C25H24N2O3. The Morgan fingerprint density at radius 3 is 2.53 bits per heavy atom. The van der Waals surface area contributed by atoms with Crippen LogP contribution in [0, 0.1) is 5.92 Å². The van der Waals surface area contributed by atoms with Crippen molar-refractivity contribution in [2.75, 3.05) is 0 Å². The van der Waals surface area contributed by atoms with Gasteiger partial charge in [-0.15, -0.1) is 0 Å². The third-order valence-corrected chi connectivity index (χ3v) is 5.45. The molecule has 1 amide bonds. The number of hydrogen-bond donors (Lipinski definition) is 1. The first-order chi connectivity index (χ1) is 14.4. The van der Waals surface area contributed by atoms with Gasteiger partial charge in [0, 0.05) is 5.39 Å². The van der Waals surface area contributed by atoms with Gasteiger partial charge >= 0.3 is 5.97 Å².